The van der Waals surface area contributed by atoms with Crippen LogP contribution in [-0.4, -0.2) is 13.4 Å². The Morgan fingerprint density at radius 2 is 2.21 bits per heavy atom. The predicted octanol–water partition coefficient (Wildman–Crippen LogP) is 2.61. The minimum Gasteiger partial charge on any atom is -0.380 e. The molecule has 0 aliphatic carbocycles. The van der Waals surface area contributed by atoms with Gasteiger partial charge in [0, 0.05) is 7.11 Å². The van der Waals surface area contributed by atoms with E-state index in [0.29, 0.717) is 17.9 Å². The summed E-state index contributed by atoms with van der Waals surface area (Å²) < 4.78 is 5.02. The molecule has 0 aromatic heterocycles. The topological polar surface area (TPSA) is 26.3 Å². The molecule has 0 bridgehead atoms. The molecule has 0 saturated heterocycles. The molecule has 0 heterocycles. The molecule has 0 amide bonds. The number of ether oxygens (including phenoxy) is 1. The second-order valence-electron chi connectivity index (χ2n) is 2.74. The van der Waals surface area contributed by atoms with Gasteiger partial charge in [0.25, 0.3) is 0 Å². The van der Waals surface area contributed by atoms with E-state index in [1.807, 2.05) is 24.3 Å². The average molecular weight is 211 g/mol. The third kappa shape index (κ3) is 2.69. The number of carbonyl (C=O) groups excluding carboxylic acids is 1. The fraction of sp³-hybridized carbons (Fsp3) is 0.182. The van der Waals surface area contributed by atoms with Crippen molar-refractivity contribution >= 4 is 22.9 Å². The third-order valence-electron chi connectivity index (χ3n) is 1.79. The van der Waals surface area contributed by atoms with Gasteiger partial charge in [-0.25, -0.2) is 0 Å². The highest BCUT2D eigenvalue weighted by Crippen LogP contribution is 2.22. The molecule has 1 aromatic rings. The molecular formula is C11H11ClO2. The number of rotatable bonds is 4. The van der Waals surface area contributed by atoms with Gasteiger partial charge >= 0.3 is 0 Å². The van der Waals surface area contributed by atoms with Crippen LogP contribution >= 0.6 is 11.6 Å². The Balaban J connectivity index is 3.06. The van der Waals surface area contributed by atoms with E-state index in [-0.39, 0.29) is 0 Å². The standard InChI is InChI=1S/C11H11ClO2/c1-14-8-9-4-2-3-5-10(9)11(12)6-7-13/h2-7H,8H2,1H3. The van der Waals surface area contributed by atoms with Gasteiger partial charge in [0.1, 0.15) is 6.29 Å². The molecule has 0 unspecified atom stereocenters. The number of benzene rings is 1. The molecule has 14 heavy (non-hydrogen) atoms. The monoisotopic (exact) mass is 210 g/mol. The molecule has 3 heteroatoms. The first kappa shape index (κ1) is 11.0. The smallest absolute Gasteiger partial charge is 0.144 e. The van der Waals surface area contributed by atoms with E-state index in [4.69, 9.17) is 16.3 Å². The van der Waals surface area contributed by atoms with Crippen molar-refractivity contribution in [3.05, 3.63) is 41.5 Å². The Labute approximate surface area is 88.1 Å². The van der Waals surface area contributed by atoms with Gasteiger partial charge in [-0.2, -0.15) is 0 Å². The molecule has 0 atom stereocenters. The first-order valence-electron chi connectivity index (χ1n) is 4.17. The maximum Gasteiger partial charge on any atom is 0.144 e. The van der Waals surface area contributed by atoms with Crippen LogP contribution in [-0.2, 0) is 16.1 Å². The van der Waals surface area contributed by atoms with Crippen LogP contribution in [0, 0.1) is 0 Å². The van der Waals surface area contributed by atoms with Gasteiger partial charge in [-0.1, -0.05) is 35.9 Å². The second-order valence-corrected chi connectivity index (χ2v) is 3.15. The van der Waals surface area contributed by atoms with Gasteiger partial charge in [-0.15, -0.1) is 0 Å². The second kappa shape index (κ2) is 5.58. The first-order valence-corrected chi connectivity index (χ1v) is 4.55. The molecular weight excluding hydrogens is 200 g/mol. The van der Waals surface area contributed by atoms with E-state index >= 15 is 0 Å². The normalized spacial score (nSPS) is 11.4. The van der Waals surface area contributed by atoms with Crippen molar-refractivity contribution in [2.45, 2.75) is 6.61 Å². The zero-order valence-electron chi connectivity index (χ0n) is 7.87. The van der Waals surface area contributed by atoms with E-state index in [2.05, 4.69) is 0 Å². The lowest BCUT2D eigenvalue weighted by Crippen LogP contribution is -1.92. The summed E-state index contributed by atoms with van der Waals surface area (Å²) in [5.74, 6) is 0. The van der Waals surface area contributed by atoms with Gasteiger partial charge in [0.05, 0.1) is 11.6 Å². The van der Waals surface area contributed by atoms with Crippen molar-refractivity contribution in [1.29, 1.82) is 0 Å². The Morgan fingerprint density at radius 1 is 1.50 bits per heavy atom. The van der Waals surface area contributed by atoms with E-state index in [1.54, 1.807) is 7.11 Å². The van der Waals surface area contributed by atoms with Gasteiger partial charge in [0.15, 0.2) is 0 Å². The average Bonchev–Trinajstić information content (AvgIpc) is 2.19. The van der Waals surface area contributed by atoms with Crippen LogP contribution in [0.3, 0.4) is 0 Å². The molecule has 0 N–H and O–H groups in total. The summed E-state index contributed by atoms with van der Waals surface area (Å²) >= 11 is 5.92. The highest BCUT2D eigenvalue weighted by Gasteiger charge is 2.03. The molecule has 0 radical (unpaired) electrons. The summed E-state index contributed by atoms with van der Waals surface area (Å²) in [6.07, 6.45) is 2.00. The maximum atomic E-state index is 10.3. The molecule has 0 fully saturated rings. The van der Waals surface area contributed by atoms with Gasteiger partial charge in [0.2, 0.25) is 0 Å². The van der Waals surface area contributed by atoms with E-state index in [9.17, 15) is 4.79 Å². The lowest BCUT2D eigenvalue weighted by Gasteiger charge is -2.06. The van der Waals surface area contributed by atoms with Crippen LogP contribution < -0.4 is 0 Å². The Bertz CT molecular complexity index is 345. The summed E-state index contributed by atoms with van der Waals surface area (Å²) in [6.45, 7) is 0.485. The van der Waals surface area contributed by atoms with Crippen molar-refractivity contribution < 1.29 is 9.53 Å². The molecule has 0 saturated carbocycles. The number of halogens is 1. The molecule has 0 spiro atoms. The maximum absolute atomic E-state index is 10.3. The summed E-state index contributed by atoms with van der Waals surface area (Å²) in [5, 5.41) is 0.438. The summed E-state index contributed by atoms with van der Waals surface area (Å²) in [6, 6.07) is 7.55. The number of hydrogen-bond acceptors (Lipinski definition) is 2. The number of aldehydes is 1. The summed E-state index contributed by atoms with van der Waals surface area (Å²) in [7, 11) is 1.62. The molecule has 1 aromatic carbocycles. The van der Waals surface area contributed by atoms with Crippen molar-refractivity contribution in [1.82, 2.24) is 0 Å². The van der Waals surface area contributed by atoms with Crippen molar-refractivity contribution in [2.24, 2.45) is 0 Å². The van der Waals surface area contributed by atoms with Crippen LogP contribution in [0.5, 0.6) is 0 Å². The quantitative estimate of drug-likeness (QED) is 0.564. The highest BCUT2D eigenvalue weighted by molar-refractivity contribution is 6.49. The Morgan fingerprint density at radius 3 is 2.86 bits per heavy atom. The number of allylic oxidation sites excluding steroid dienone is 1. The van der Waals surface area contributed by atoms with Crippen LogP contribution in [0.15, 0.2) is 30.3 Å². The zero-order valence-corrected chi connectivity index (χ0v) is 8.62. The fourth-order valence-corrected chi connectivity index (χ4v) is 1.42. The van der Waals surface area contributed by atoms with Crippen LogP contribution in [0.1, 0.15) is 11.1 Å². The zero-order chi connectivity index (χ0) is 10.4. The van der Waals surface area contributed by atoms with Crippen LogP contribution in [0.4, 0.5) is 0 Å². The Kier molecular flexibility index (Phi) is 4.36. The minimum atomic E-state index is 0.438. The molecule has 2 nitrogen and oxygen atoms in total. The number of methoxy groups -OCH3 is 1. The molecule has 0 aliphatic heterocycles. The predicted molar refractivity (Wildman–Crippen MR) is 57.0 cm³/mol. The van der Waals surface area contributed by atoms with Gasteiger partial charge in [-0.05, 0) is 17.2 Å². The molecule has 0 aliphatic rings. The van der Waals surface area contributed by atoms with Crippen molar-refractivity contribution in [3.8, 4) is 0 Å². The van der Waals surface area contributed by atoms with E-state index < -0.39 is 0 Å². The molecule has 74 valence electrons. The highest BCUT2D eigenvalue weighted by atomic mass is 35.5. The largest absolute Gasteiger partial charge is 0.380 e. The minimum absolute atomic E-state index is 0.438. The SMILES string of the molecule is COCc1ccccc1C(Cl)=CC=O. The van der Waals surface area contributed by atoms with Crippen LogP contribution in [0.25, 0.3) is 5.03 Å². The van der Waals surface area contributed by atoms with Crippen molar-refractivity contribution in [3.63, 3.8) is 0 Å². The van der Waals surface area contributed by atoms with Gasteiger partial charge < -0.3 is 4.74 Å². The van der Waals surface area contributed by atoms with Crippen LogP contribution in [0.2, 0.25) is 0 Å². The number of carbonyl (C=O) groups is 1. The van der Waals surface area contributed by atoms with E-state index in [1.165, 1.54) is 6.08 Å². The Hall–Kier alpha value is -1.12. The van der Waals surface area contributed by atoms with Crippen molar-refractivity contribution in [2.75, 3.05) is 7.11 Å². The lowest BCUT2D eigenvalue weighted by atomic mass is 10.1. The number of hydrogen-bond donors (Lipinski definition) is 0. The van der Waals surface area contributed by atoms with Gasteiger partial charge in [-0.3, -0.25) is 4.79 Å². The first-order chi connectivity index (χ1) is 6.79. The lowest BCUT2D eigenvalue weighted by molar-refractivity contribution is -0.104. The summed E-state index contributed by atoms with van der Waals surface area (Å²) in [4.78, 5) is 10.3. The summed E-state index contributed by atoms with van der Waals surface area (Å²) in [5.41, 5.74) is 1.81. The fourth-order valence-electron chi connectivity index (χ4n) is 1.18. The van der Waals surface area contributed by atoms with E-state index in [0.717, 1.165) is 11.1 Å². The third-order valence-corrected chi connectivity index (χ3v) is 2.12. The molecule has 1 rings (SSSR count).